The fraction of sp³-hybridized carbons (Fsp3) is 0.727. The molecule has 1 heterocycles. The molecule has 1 rings (SSSR count). The minimum atomic E-state index is 0.461. The molecule has 3 nitrogen and oxygen atoms in total. The van der Waals surface area contributed by atoms with Gasteiger partial charge in [0.25, 0.3) is 0 Å². The average molecular weight is 195 g/mol. The van der Waals surface area contributed by atoms with Crippen LogP contribution in [0.1, 0.15) is 32.5 Å². The fourth-order valence-corrected chi connectivity index (χ4v) is 1.55. The zero-order valence-corrected chi connectivity index (χ0v) is 9.62. The van der Waals surface area contributed by atoms with E-state index in [0.29, 0.717) is 12.0 Å². The molecule has 80 valence electrons. The Morgan fingerprint density at radius 3 is 2.64 bits per heavy atom. The summed E-state index contributed by atoms with van der Waals surface area (Å²) in [4.78, 5) is 0. The van der Waals surface area contributed by atoms with Crippen molar-refractivity contribution < 1.29 is 0 Å². The normalized spacial score (nSPS) is 13.5. The molecule has 1 aromatic rings. The number of nitrogens with one attached hydrogen (secondary N) is 1. The maximum Gasteiger partial charge on any atom is 0.0627 e. The summed E-state index contributed by atoms with van der Waals surface area (Å²) in [5, 5.41) is 7.70. The van der Waals surface area contributed by atoms with E-state index in [2.05, 4.69) is 43.4 Å². The Bertz CT molecular complexity index is 265. The summed E-state index contributed by atoms with van der Waals surface area (Å²) in [7, 11) is 1.99. The molecule has 14 heavy (non-hydrogen) atoms. The molecule has 3 heteroatoms. The van der Waals surface area contributed by atoms with Crippen molar-refractivity contribution in [3.05, 3.63) is 18.0 Å². The third kappa shape index (κ3) is 3.14. The Hall–Kier alpha value is -0.830. The van der Waals surface area contributed by atoms with Crippen molar-refractivity contribution in [3.8, 4) is 0 Å². The molecule has 1 unspecified atom stereocenters. The van der Waals surface area contributed by atoms with Gasteiger partial charge in [-0.3, -0.25) is 4.68 Å². The lowest BCUT2D eigenvalue weighted by Crippen LogP contribution is -2.18. The van der Waals surface area contributed by atoms with E-state index < -0.39 is 0 Å². The predicted octanol–water partition coefficient (Wildman–Crippen LogP) is 1.86. The molecule has 0 amide bonds. The molecule has 0 bridgehead atoms. The molecule has 0 fully saturated rings. The number of hydrogen-bond donors (Lipinski definition) is 1. The molecule has 0 aromatic carbocycles. The van der Waals surface area contributed by atoms with Crippen LogP contribution in [0.3, 0.4) is 0 Å². The highest BCUT2D eigenvalue weighted by molar-refractivity contribution is 5.00. The van der Waals surface area contributed by atoms with Crippen molar-refractivity contribution in [2.75, 3.05) is 13.6 Å². The van der Waals surface area contributed by atoms with Gasteiger partial charge in [0.05, 0.1) is 5.69 Å². The Kier molecular flexibility index (Phi) is 4.14. The first-order chi connectivity index (χ1) is 6.63. The molecule has 0 aliphatic heterocycles. The molecular formula is C11H21N3. The largest absolute Gasteiger partial charge is 0.319 e. The predicted molar refractivity (Wildman–Crippen MR) is 59.4 cm³/mol. The van der Waals surface area contributed by atoms with Gasteiger partial charge in [-0.15, -0.1) is 0 Å². The third-order valence-electron chi connectivity index (χ3n) is 2.30. The second-order valence-corrected chi connectivity index (χ2v) is 4.25. The Balaban J connectivity index is 2.51. The van der Waals surface area contributed by atoms with E-state index in [0.717, 1.165) is 13.0 Å². The van der Waals surface area contributed by atoms with Gasteiger partial charge in [-0.05, 0) is 45.8 Å². The zero-order chi connectivity index (χ0) is 10.6. The van der Waals surface area contributed by atoms with Crippen LogP contribution in [0, 0.1) is 5.92 Å². The van der Waals surface area contributed by atoms with Crippen LogP contribution in [-0.4, -0.2) is 23.4 Å². The number of nitrogens with zero attached hydrogens (tertiary/aromatic N) is 2. The van der Waals surface area contributed by atoms with Gasteiger partial charge >= 0.3 is 0 Å². The molecule has 1 N–H and O–H groups in total. The zero-order valence-electron chi connectivity index (χ0n) is 9.62. The molecule has 1 aromatic heterocycles. The Morgan fingerprint density at radius 2 is 2.14 bits per heavy atom. The Labute approximate surface area is 86.5 Å². The van der Waals surface area contributed by atoms with Crippen molar-refractivity contribution in [1.82, 2.24) is 15.1 Å². The Morgan fingerprint density at radius 1 is 1.43 bits per heavy atom. The average Bonchev–Trinajstić information content (AvgIpc) is 2.53. The highest BCUT2D eigenvalue weighted by Gasteiger charge is 2.06. The van der Waals surface area contributed by atoms with Crippen LogP contribution in [-0.2, 0) is 6.42 Å². The standard InChI is InChI=1S/C11H21N3/c1-9(2)14-6-5-11(13-14)7-10(3)8-12-4/h5-6,9-10,12H,7-8H2,1-4H3. The van der Waals surface area contributed by atoms with Crippen LogP contribution in [0.5, 0.6) is 0 Å². The minimum Gasteiger partial charge on any atom is -0.319 e. The first-order valence-electron chi connectivity index (χ1n) is 5.32. The van der Waals surface area contributed by atoms with Crippen LogP contribution in [0.4, 0.5) is 0 Å². The first kappa shape index (κ1) is 11.2. The van der Waals surface area contributed by atoms with Crippen molar-refractivity contribution in [1.29, 1.82) is 0 Å². The maximum atomic E-state index is 4.52. The van der Waals surface area contributed by atoms with Gasteiger partial charge in [0, 0.05) is 12.2 Å². The van der Waals surface area contributed by atoms with Gasteiger partial charge in [-0.25, -0.2) is 0 Å². The van der Waals surface area contributed by atoms with Crippen LogP contribution in [0.2, 0.25) is 0 Å². The maximum absolute atomic E-state index is 4.52. The SMILES string of the molecule is CNCC(C)Cc1ccn(C(C)C)n1. The van der Waals surface area contributed by atoms with Crippen LogP contribution >= 0.6 is 0 Å². The van der Waals surface area contributed by atoms with Gasteiger partial charge in [0.15, 0.2) is 0 Å². The van der Waals surface area contributed by atoms with Crippen LogP contribution in [0.25, 0.3) is 0 Å². The van der Waals surface area contributed by atoms with E-state index in [1.807, 2.05) is 11.7 Å². The summed E-state index contributed by atoms with van der Waals surface area (Å²) >= 11 is 0. The second kappa shape index (κ2) is 5.15. The number of hydrogen-bond acceptors (Lipinski definition) is 2. The molecule has 0 radical (unpaired) electrons. The minimum absolute atomic E-state index is 0.461. The third-order valence-corrected chi connectivity index (χ3v) is 2.30. The van der Waals surface area contributed by atoms with Gasteiger partial charge in [-0.1, -0.05) is 6.92 Å². The van der Waals surface area contributed by atoms with Gasteiger partial charge in [0.1, 0.15) is 0 Å². The van der Waals surface area contributed by atoms with E-state index in [4.69, 9.17) is 0 Å². The van der Waals surface area contributed by atoms with E-state index in [1.165, 1.54) is 5.69 Å². The monoisotopic (exact) mass is 195 g/mol. The van der Waals surface area contributed by atoms with Crippen molar-refractivity contribution in [2.24, 2.45) is 5.92 Å². The molecule has 1 atom stereocenters. The lowest BCUT2D eigenvalue weighted by molar-refractivity contribution is 0.502. The van der Waals surface area contributed by atoms with Crippen LogP contribution < -0.4 is 5.32 Å². The summed E-state index contributed by atoms with van der Waals surface area (Å²) in [6.07, 6.45) is 3.12. The number of aromatic nitrogens is 2. The molecular weight excluding hydrogens is 174 g/mol. The van der Waals surface area contributed by atoms with Crippen molar-refractivity contribution in [3.63, 3.8) is 0 Å². The lowest BCUT2D eigenvalue weighted by atomic mass is 10.1. The van der Waals surface area contributed by atoms with Crippen LogP contribution in [0.15, 0.2) is 12.3 Å². The molecule has 0 aliphatic rings. The summed E-state index contributed by atoms with van der Waals surface area (Å²) in [6.45, 7) is 7.58. The van der Waals surface area contributed by atoms with E-state index in [9.17, 15) is 0 Å². The summed E-state index contributed by atoms with van der Waals surface area (Å²) in [5.41, 5.74) is 1.20. The molecule has 0 saturated heterocycles. The highest BCUT2D eigenvalue weighted by atomic mass is 15.3. The van der Waals surface area contributed by atoms with E-state index in [1.54, 1.807) is 0 Å². The van der Waals surface area contributed by atoms with Gasteiger partial charge < -0.3 is 5.32 Å². The van der Waals surface area contributed by atoms with Crippen molar-refractivity contribution in [2.45, 2.75) is 33.2 Å². The van der Waals surface area contributed by atoms with E-state index >= 15 is 0 Å². The van der Waals surface area contributed by atoms with Gasteiger partial charge in [-0.2, -0.15) is 5.10 Å². The first-order valence-corrected chi connectivity index (χ1v) is 5.32. The molecule has 0 aliphatic carbocycles. The van der Waals surface area contributed by atoms with E-state index in [-0.39, 0.29) is 0 Å². The molecule has 0 saturated carbocycles. The lowest BCUT2D eigenvalue weighted by Gasteiger charge is -2.08. The topological polar surface area (TPSA) is 29.9 Å². The number of rotatable bonds is 5. The van der Waals surface area contributed by atoms with Gasteiger partial charge in [0.2, 0.25) is 0 Å². The summed E-state index contributed by atoms with van der Waals surface area (Å²) < 4.78 is 2.02. The molecule has 0 spiro atoms. The highest BCUT2D eigenvalue weighted by Crippen LogP contribution is 2.08. The summed E-state index contributed by atoms with van der Waals surface area (Å²) in [6, 6.07) is 2.58. The smallest absolute Gasteiger partial charge is 0.0627 e. The second-order valence-electron chi connectivity index (χ2n) is 4.25. The summed E-state index contributed by atoms with van der Waals surface area (Å²) in [5.74, 6) is 0.649. The fourth-order valence-electron chi connectivity index (χ4n) is 1.55. The van der Waals surface area contributed by atoms with Crippen molar-refractivity contribution >= 4 is 0 Å². The quantitative estimate of drug-likeness (QED) is 0.777.